The van der Waals surface area contributed by atoms with Crippen molar-refractivity contribution in [1.82, 2.24) is 0 Å². The average molecular weight is 271 g/mol. The van der Waals surface area contributed by atoms with Gasteiger partial charge in [-0.2, -0.15) is 0 Å². The molecule has 0 aliphatic rings. The first kappa shape index (κ1) is 12.2. The Morgan fingerprint density at radius 3 is 2.60 bits per heavy atom. The number of benzene rings is 1. The van der Waals surface area contributed by atoms with Crippen LogP contribution in [0.5, 0.6) is 0 Å². The Labute approximate surface area is 98.4 Å². The second kappa shape index (κ2) is 4.79. The van der Waals surface area contributed by atoms with Crippen LogP contribution in [0, 0.1) is 13.8 Å². The van der Waals surface area contributed by atoms with Gasteiger partial charge in [-0.3, -0.25) is 4.79 Å². The summed E-state index contributed by atoms with van der Waals surface area (Å²) in [6.45, 7) is 6.02. The number of carboxylic acid groups (broad SMARTS) is 1. The van der Waals surface area contributed by atoms with Crippen LogP contribution in [0.15, 0.2) is 16.6 Å². The third-order valence-electron chi connectivity index (χ3n) is 2.68. The molecule has 0 fully saturated rings. The molecule has 1 N–H and O–H groups in total. The zero-order valence-electron chi connectivity index (χ0n) is 9.17. The first-order valence-corrected chi connectivity index (χ1v) is 5.69. The fourth-order valence-electron chi connectivity index (χ4n) is 1.72. The first-order valence-electron chi connectivity index (χ1n) is 4.90. The summed E-state index contributed by atoms with van der Waals surface area (Å²) in [5.74, 6) is -0.696. The standard InChI is InChI=1S/C12H15BrO2/c1-7-4-10(13)6-11(9(7)3)8(2)5-12(14)15/h4,6,8H,5H2,1-3H3,(H,14,15). The van der Waals surface area contributed by atoms with Crippen molar-refractivity contribution < 1.29 is 9.90 Å². The van der Waals surface area contributed by atoms with E-state index in [0.29, 0.717) is 0 Å². The molecule has 2 nitrogen and oxygen atoms in total. The molecule has 1 aromatic carbocycles. The van der Waals surface area contributed by atoms with Crippen LogP contribution in [-0.4, -0.2) is 11.1 Å². The molecule has 0 bridgehead atoms. The van der Waals surface area contributed by atoms with Gasteiger partial charge in [0.2, 0.25) is 0 Å². The zero-order chi connectivity index (χ0) is 11.6. The van der Waals surface area contributed by atoms with Crippen LogP contribution in [0.4, 0.5) is 0 Å². The quantitative estimate of drug-likeness (QED) is 0.911. The van der Waals surface area contributed by atoms with E-state index in [4.69, 9.17) is 5.11 Å². The smallest absolute Gasteiger partial charge is 0.303 e. The maximum atomic E-state index is 10.7. The number of aliphatic carboxylic acids is 1. The number of hydrogen-bond acceptors (Lipinski definition) is 1. The van der Waals surface area contributed by atoms with Gasteiger partial charge in [-0.1, -0.05) is 22.9 Å². The molecule has 0 heterocycles. The molecule has 0 saturated carbocycles. The number of rotatable bonds is 3. The van der Waals surface area contributed by atoms with Gasteiger partial charge in [0.25, 0.3) is 0 Å². The van der Waals surface area contributed by atoms with Gasteiger partial charge >= 0.3 is 5.97 Å². The predicted octanol–water partition coefficient (Wildman–Crippen LogP) is 3.64. The third kappa shape index (κ3) is 3.06. The van der Waals surface area contributed by atoms with E-state index in [0.717, 1.165) is 10.0 Å². The van der Waals surface area contributed by atoms with Crippen LogP contribution in [0.25, 0.3) is 0 Å². The summed E-state index contributed by atoms with van der Waals surface area (Å²) in [6.07, 6.45) is 0.177. The lowest BCUT2D eigenvalue weighted by atomic mass is 9.91. The molecular weight excluding hydrogens is 256 g/mol. The highest BCUT2D eigenvalue weighted by Gasteiger charge is 2.14. The first-order chi connectivity index (χ1) is 6.91. The molecule has 82 valence electrons. The molecule has 1 unspecified atom stereocenters. The third-order valence-corrected chi connectivity index (χ3v) is 3.14. The lowest BCUT2D eigenvalue weighted by Gasteiger charge is -2.15. The van der Waals surface area contributed by atoms with Crippen LogP contribution in [-0.2, 0) is 4.79 Å². The van der Waals surface area contributed by atoms with Crippen molar-refractivity contribution in [2.24, 2.45) is 0 Å². The molecule has 0 spiro atoms. The monoisotopic (exact) mass is 270 g/mol. The number of halogens is 1. The van der Waals surface area contributed by atoms with E-state index in [9.17, 15) is 4.79 Å². The van der Waals surface area contributed by atoms with E-state index in [2.05, 4.69) is 15.9 Å². The highest BCUT2D eigenvalue weighted by molar-refractivity contribution is 9.10. The van der Waals surface area contributed by atoms with Crippen LogP contribution < -0.4 is 0 Å². The molecule has 3 heteroatoms. The van der Waals surface area contributed by atoms with Gasteiger partial charge in [0, 0.05) is 4.47 Å². The summed E-state index contributed by atoms with van der Waals surface area (Å²) < 4.78 is 1.01. The van der Waals surface area contributed by atoms with Gasteiger partial charge in [-0.15, -0.1) is 0 Å². The molecule has 0 aromatic heterocycles. The number of carbonyl (C=O) groups is 1. The minimum atomic E-state index is -0.750. The number of aryl methyl sites for hydroxylation is 1. The molecule has 0 aliphatic carbocycles. The maximum Gasteiger partial charge on any atom is 0.303 e. The maximum absolute atomic E-state index is 10.7. The van der Waals surface area contributed by atoms with E-state index in [1.165, 1.54) is 11.1 Å². The molecule has 0 radical (unpaired) electrons. The Bertz CT molecular complexity index is 385. The van der Waals surface area contributed by atoms with Gasteiger partial charge < -0.3 is 5.11 Å². The molecule has 1 atom stereocenters. The Hall–Kier alpha value is -0.830. The minimum Gasteiger partial charge on any atom is -0.481 e. The van der Waals surface area contributed by atoms with Gasteiger partial charge in [0.05, 0.1) is 6.42 Å². The highest BCUT2D eigenvalue weighted by Crippen LogP contribution is 2.28. The van der Waals surface area contributed by atoms with Crippen molar-refractivity contribution in [3.63, 3.8) is 0 Å². The Morgan fingerprint density at radius 1 is 1.47 bits per heavy atom. The summed E-state index contributed by atoms with van der Waals surface area (Å²) in [5, 5.41) is 8.76. The van der Waals surface area contributed by atoms with Crippen molar-refractivity contribution in [2.45, 2.75) is 33.1 Å². The average Bonchev–Trinajstić information content (AvgIpc) is 2.09. The lowest BCUT2D eigenvalue weighted by Crippen LogP contribution is -2.05. The number of carboxylic acids is 1. The van der Waals surface area contributed by atoms with E-state index in [-0.39, 0.29) is 12.3 Å². The van der Waals surface area contributed by atoms with E-state index in [1.54, 1.807) is 0 Å². The van der Waals surface area contributed by atoms with Gasteiger partial charge in [0.1, 0.15) is 0 Å². The van der Waals surface area contributed by atoms with Crippen LogP contribution in [0.1, 0.15) is 36.0 Å². The molecule has 1 rings (SSSR count). The topological polar surface area (TPSA) is 37.3 Å². The largest absolute Gasteiger partial charge is 0.481 e. The molecule has 0 aliphatic heterocycles. The molecule has 0 saturated heterocycles. The van der Waals surface area contributed by atoms with Crippen molar-refractivity contribution in [3.8, 4) is 0 Å². The van der Waals surface area contributed by atoms with Crippen LogP contribution in [0.3, 0.4) is 0 Å². The highest BCUT2D eigenvalue weighted by atomic mass is 79.9. The lowest BCUT2D eigenvalue weighted by molar-refractivity contribution is -0.137. The SMILES string of the molecule is Cc1cc(Br)cc(C(C)CC(=O)O)c1C. The van der Waals surface area contributed by atoms with Crippen molar-refractivity contribution in [1.29, 1.82) is 0 Å². The predicted molar refractivity (Wildman–Crippen MR) is 64.3 cm³/mol. The summed E-state index contributed by atoms with van der Waals surface area (Å²) in [6, 6.07) is 4.06. The zero-order valence-corrected chi connectivity index (χ0v) is 10.8. The Kier molecular flexibility index (Phi) is 3.91. The van der Waals surface area contributed by atoms with Crippen LogP contribution >= 0.6 is 15.9 Å². The summed E-state index contributed by atoms with van der Waals surface area (Å²) in [5.41, 5.74) is 3.49. The van der Waals surface area contributed by atoms with Gasteiger partial charge in [-0.05, 0) is 48.6 Å². The fourth-order valence-corrected chi connectivity index (χ4v) is 2.31. The molecule has 1 aromatic rings. The van der Waals surface area contributed by atoms with Crippen molar-refractivity contribution >= 4 is 21.9 Å². The normalized spacial score (nSPS) is 12.5. The summed E-state index contributed by atoms with van der Waals surface area (Å²) >= 11 is 3.43. The molecular formula is C12H15BrO2. The minimum absolute atomic E-state index is 0.0544. The van der Waals surface area contributed by atoms with Crippen molar-refractivity contribution in [2.75, 3.05) is 0 Å². The van der Waals surface area contributed by atoms with Crippen molar-refractivity contribution in [3.05, 3.63) is 33.3 Å². The van der Waals surface area contributed by atoms with Gasteiger partial charge in [-0.25, -0.2) is 0 Å². The number of hydrogen-bond donors (Lipinski definition) is 1. The Balaban J connectivity index is 3.07. The van der Waals surface area contributed by atoms with E-state index in [1.807, 2.05) is 32.9 Å². The fraction of sp³-hybridized carbons (Fsp3) is 0.417. The second-order valence-electron chi connectivity index (χ2n) is 3.94. The molecule has 0 amide bonds. The van der Waals surface area contributed by atoms with E-state index >= 15 is 0 Å². The summed E-state index contributed by atoms with van der Waals surface area (Å²) in [7, 11) is 0. The molecule has 15 heavy (non-hydrogen) atoms. The second-order valence-corrected chi connectivity index (χ2v) is 4.85. The van der Waals surface area contributed by atoms with E-state index < -0.39 is 5.97 Å². The van der Waals surface area contributed by atoms with Gasteiger partial charge in [0.15, 0.2) is 0 Å². The Morgan fingerprint density at radius 2 is 2.07 bits per heavy atom. The summed E-state index contributed by atoms with van der Waals surface area (Å²) in [4.78, 5) is 10.7. The van der Waals surface area contributed by atoms with Crippen LogP contribution in [0.2, 0.25) is 0 Å².